The number of thiophene rings is 1. The zero-order valence-corrected chi connectivity index (χ0v) is 17.3. The summed E-state index contributed by atoms with van der Waals surface area (Å²) in [5.41, 5.74) is 4.06. The molecule has 5 rings (SSSR count). The number of benzene rings is 2. The molecule has 140 valence electrons. The standard InChI is InChI=1S/C25H23NOS/c1-15-8-11-21-20-7-5-6-19(23(20)27-24(21)26-15)16-9-10-17-12-18(14-25(2,3)4)28-22(17)13-16/h5-13H,14H2,1-4H3/i14D2. The van der Waals surface area contributed by atoms with Crippen LogP contribution in [0.2, 0.25) is 0 Å². The summed E-state index contributed by atoms with van der Waals surface area (Å²) in [6, 6.07) is 18.6. The molecule has 0 bridgehead atoms. The molecule has 0 aliphatic rings. The summed E-state index contributed by atoms with van der Waals surface area (Å²) in [5, 5.41) is 3.15. The molecule has 0 amide bonds. The van der Waals surface area contributed by atoms with Gasteiger partial charge in [0.15, 0.2) is 0 Å². The number of pyridine rings is 1. The van der Waals surface area contributed by atoms with Gasteiger partial charge in [-0.25, -0.2) is 4.98 Å². The first kappa shape index (κ1) is 15.3. The number of nitrogens with zero attached hydrogens (tertiary/aromatic N) is 1. The molecule has 0 spiro atoms. The predicted molar refractivity (Wildman–Crippen MR) is 120 cm³/mol. The van der Waals surface area contributed by atoms with Crippen molar-refractivity contribution in [2.24, 2.45) is 5.41 Å². The third-order valence-electron chi connectivity index (χ3n) is 4.83. The highest BCUT2D eigenvalue weighted by molar-refractivity contribution is 7.19. The van der Waals surface area contributed by atoms with Crippen molar-refractivity contribution in [3.05, 3.63) is 65.2 Å². The monoisotopic (exact) mass is 387 g/mol. The van der Waals surface area contributed by atoms with Crippen molar-refractivity contribution < 1.29 is 7.16 Å². The third-order valence-corrected chi connectivity index (χ3v) is 5.85. The topological polar surface area (TPSA) is 26.0 Å². The first-order chi connectivity index (χ1) is 14.1. The molecule has 0 unspecified atom stereocenters. The molecule has 0 radical (unpaired) electrons. The van der Waals surface area contributed by atoms with Crippen molar-refractivity contribution in [3.8, 4) is 11.1 Å². The average molecular weight is 388 g/mol. The highest BCUT2D eigenvalue weighted by atomic mass is 32.1. The summed E-state index contributed by atoms with van der Waals surface area (Å²) >= 11 is 1.53. The van der Waals surface area contributed by atoms with Crippen LogP contribution >= 0.6 is 11.3 Å². The third kappa shape index (κ3) is 3.00. The van der Waals surface area contributed by atoms with Crippen molar-refractivity contribution in [1.29, 1.82) is 0 Å². The molecule has 2 aromatic carbocycles. The van der Waals surface area contributed by atoms with Crippen LogP contribution in [-0.4, -0.2) is 4.98 Å². The van der Waals surface area contributed by atoms with Crippen molar-refractivity contribution in [1.82, 2.24) is 4.98 Å². The van der Waals surface area contributed by atoms with Gasteiger partial charge in [0.1, 0.15) is 5.58 Å². The number of hydrogen-bond acceptors (Lipinski definition) is 3. The van der Waals surface area contributed by atoms with Crippen LogP contribution in [0.25, 0.3) is 43.3 Å². The van der Waals surface area contributed by atoms with Crippen LogP contribution in [0.3, 0.4) is 0 Å². The minimum absolute atomic E-state index is 0.471. The highest BCUT2D eigenvalue weighted by Crippen LogP contribution is 2.38. The minimum atomic E-state index is -1.39. The van der Waals surface area contributed by atoms with E-state index in [1.807, 2.05) is 39.8 Å². The van der Waals surface area contributed by atoms with E-state index in [1.165, 1.54) is 11.3 Å². The van der Waals surface area contributed by atoms with Crippen LogP contribution in [0.1, 0.15) is 34.1 Å². The van der Waals surface area contributed by atoms with Crippen molar-refractivity contribution in [3.63, 3.8) is 0 Å². The van der Waals surface area contributed by atoms with Gasteiger partial charge in [-0.15, -0.1) is 11.3 Å². The lowest BCUT2D eigenvalue weighted by molar-refractivity contribution is 0.415. The van der Waals surface area contributed by atoms with Gasteiger partial charge in [-0.1, -0.05) is 51.1 Å². The van der Waals surface area contributed by atoms with E-state index < -0.39 is 11.8 Å². The van der Waals surface area contributed by atoms with Crippen LogP contribution in [0.4, 0.5) is 0 Å². The number of hydrogen-bond donors (Lipinski definition) is 0. The molecular formula is C25H23NOS. The van der Waals surface area contributed by atoms with Crippen molar-refractivity contribution in [2.75, 3.05) is 0 Å². The maximum Gasteiger partial charge on any atom is 0.227 e. The summed E-state index contributed by atoms with van der Waals surface area (Å²) in [6.45, 7) is 7.80. The van der Waals surface area contributed by atoms with Crippen LogP contribution in [0, 0.1) is 12.3 Å². The second-order valence-electron chi connectivity index (χ2n) is 8.33. The average Bonchev–Trinajstić information content (AvgIpc) is 3.27. The number of aryl methyl sites for hydroxylation is 1. The Bertz CT molecular complexity index is 1420. The molecule has 5 aromatic rings. The normalized spacial score (nSPS) is 14.0. The fourth-order valence-corrected chi connectivity index (χ4v) is 4.84. The molecule has 3 heteroatoms. The molecule has 0 saturated heterocycles. The van der Waals surface area contributed by atoms with Crippen molar-refractivity contribution in [2.45, 2.75) is 34.1 Å². The quantitative estimate of drug-likeness (QED) is 0.309. The van der Waals surface area contributed by atoms with Crippen LogP contribution < -0.4 is 0 Å². The molecule has 2 nitrogen and oxygen atoms in total. The van der Waals surface area contributed by atoms with Crippen molar-refractivity contribution >= 4 is 43.5 Å². The summed E-state index contributed by atoms with van der Waals surface area (Å²) in [5.74, 6) is 0. The summed E-state index contributed by atoms with van der Waals surface area (Å²) in [7, 11) is 0. The van der Waals surface area contributed by atoms with Crippen LogP contribution in [0.5, 0.6) is 0 Å². The van der Waals surface area contributed by atoms with E-state index in [0.717, 1.165) is 48.1 Å². The van der Waals surface area contributed by atoms with Crippen LogP contribution in [-0.2, 0) is 6.37 Å². The highest BCUT2D eigenvalue weighted by Gasteiger charge is 2.16. The van der Waals surface area contributed by atoms with E-state index in [9.17, 15) is 0 Å². The van der Waals surface area contributed by atoms with Gasteiger partial charge in [-0.05, 0) is 53.9 Å². The molecule has 0 atom stereocenters. The fourth-order valence-electron chi connectivity index (χ4n) is 3.63. The van der Waals surface area contributed by atoms with E-state index >= 15 is 0 Å². The molecule has 0 fully saturated rings. The smallest absolute Gasteiger partial charge is 0.227 e. The number of rotatable bonds is 2. The summed E-state index contributed by atoms with van der Waals surface area (Å²) < 4.78 is 24.5. The van der Waals surface area contributed by atoms with Gasteiger partial charge in [0.25, 0.3) is 0 Å². The van der Waals surface area contributed by atoms with E-state index in [1.54, 1.807) is 0 Å². The maximum absolute atomic E-state index is 8.61. The molecule has 0 N–H and O–H groups in total. The Kier molecular flexibility index (Phi) is 3.38. The second-order valence-corrected chi connectivity index (χ2v) is 9.41. The Morgan fingerprint density at radius 3 is 2.71 bits per heavy atom. The first-order valence-electron chi connectivity index (χ1n) is 10.5. The Balaban J connectivity index is 1.68. The Morgan fingerprint density at radius 1 is 1.04 bits per heavy atom. The number of para-hydroxylation sites is 1. The molecule has 28 heavy (non-hydrogen) atoms. The van der Waals surface area contributed by atoms with E-state index in [0.29, 0.717) is 5.71 Å². The molecule has 0 aliphatic heterocycles. The molecule has 3 heterocycles. The lowest BCUT2D eigenvalue weighted by Gasteiger charge is -2.16. The van der Waals surface area contributed by atoms with Gasteiger partial charge in [0.05, 0.1) is 0 Å². The molecular weight excluding hydrogens is 362 g/mol. The van der Waals surface area contributed by atoms with Gasteiger partial charge >= 0.3 is 0 Å². The second kappa shape index (κ2) is 6.18. The van der Waals surface area contributed by atoms with E-state index in [4.69, 9.17) is 7.16 Å². The van der Waals surface area contributed by atoms with Crippen LogP contribution in [0.15, 0.2) is 59.0 Å². The van der Waals surface area contributed by atoms with Gasteiger partial charge in [0.2, 0.25) is 5.71 Å². The number of fused-ring (bicyclic) bond motifs is 4. The SMILES string of the molecule is [2H]C([2H])(c1cc2ccc(-c3cccc4c3oc3nc(C)ccc34)cc2s1)C(C)(C)C. The minimum Gasteiger partial charge on any atom is -0.437 e. The van der Waals surface area contributed by atoms with Gasteiger partial charge in [0, 0.05) is 34.3 Å². The Labute approximate surface area is 171 Å². The number of furan rings is 1. The maximum atomic E-state index is 8.61. The molecule has 0 saturated carbocycles. The molecule has 3 aromatic heterocycles. The van der Waals surface area contributed by atoms with E-state index in [2.05, 4.69) is 47.4 Å². The fraction of sp³-hybridized carbons (Fsp3) is 0.240. The molecule has 0 aliphatic carbocycles. The first-order valence-corrected chi connectivity index (χ1v) is 10.3. The Morgan fingerprint density at radius 2 is 1.89 bits per heavy atom. The van der Waals surface area contributed by atoms with Gasteiger partial charge in [-0.2, -0.15) is 0 Å². The van der Waals surface area contributed by atoms with Gasteiger partial charge < -0.3 is 4.42 Å². The zero-order valence-electron chi connectivity index (χ0n) is 18.5. The Hall–Kier alpha value is -2.65. The van der Waals surface area contributed by atoms with E-state index in [-0.39, 0.29) is 0 Å². The summed E-state index contributed by atoms with van der Waals surface area (Å²) in [6.07, 6.45) is -1.39. The lowest BCUT2D eigenvalue weighted by atomic mass is 9.91. The predicted octanol–water partition coefficient (Wildman–Crippen LogP) is 7.76. The summed E-state index contributed by atoms with van der Waals surface area (Å²) in [4.78, 5) is 5.31. The number of aromatic nitrogens is 1. The zero-order chi connectivity index (χ0) is 21.3. The van der Waals surface area contributed by atoms with Gasteiger partial charge in [-0.3, -0.25) is 0 Å². The lowest BCUT2D eigenvalue weighted by Crippen LogP contribution is -2.07. The largest absolute Gasteiger partial charge is 0.437 e.